The van der Waals surface area contributed by atoms with Crippen LogP contribution in [0, 0.1) is 5.82 Å². The molecular weight excluding hydrogens is 245 g/mol. The fourth-order valence-electron chi connectivity index (χ4n) is 1.89. The molecular formula is C15H16FNO2. The van der Waals surface area contributed by atoms with Crippen molar-refractivity contribution in [2.45, 2.75) is 19.8 Å². The number of hydrogen-bond acceptors (Lipinski definition) is 2. The SMILES string of the molecule is CCOC(=O)CCc1ccc(-c2ccccc2F)[nH]1. The zero-order valence-electron chi connectivity index (χ0n) is 10.8. The maximum absolute atomic E-state index is 13.6. The van der Waals surface area contributed by atoms with Gasteiger partial charge in [-0.05, 0) is 37.6 Å². The van der Waals surface area contributed by atoms with Crippen LogP contribution in [0.2, 0.25) is 0 Å². The van der Waals surface area contributed by atoms with Crippen LogP contribution in [0.4, 0.5) is 4.39 Å². The third-order valence-corrected chi connectivity index (χ3v) is 2.81. The van der Waals surface area contributed by atoms with Crippen molar-refractivity contribution >= 4 is 5.97 Å². The zero-order valence-corrected chi connectivity index (χ0v) is 10.8. The lowest BCUT2D eigenvalue weighted by molar-refractivity contribution is -0.143. The van der Waals surface area contributed by atoms with Crippen molar-refractivity contribution in [3.63, 3.8) is 0 Å². The topological polar surface area (TPSA) is 42.1 Å². The van der Waals surface area contributed by atoms with E-state index in [9.17, 15) is 9.18 Å². The summed E-state index contributed by atoms with van der Waals surface area (Å²) in [6.45, 7) is 2.17. The van der Waals surface area contributed by atoms with Crippen LogP contribution in [0.1, 0.15) is 19.0 Å². The van der Waals surface area contributed by atoms with Gasteiger partial charge in [-0.3, -0.25) is 4.79 Å². The number of hydrogen-bond donors (Lipinski definition) is 1. The lowest BCUT2D eigenvalue weighted by atomic mass is 10.1. The van der Waals surface area contributed by atoms with Gasteiger partial charge in [0.25, 0.3) is 0 Å². The van der Waals surface area contributed by atoms with Gasteiger partial charge in [-0.1, -0.05) is 12.1 Å². The van der Waals surface area contributed by atoms with Crippen LogP contribution >= 0.6 is 0 Å². The summed E-state index contributed by atoms with van der Waals surface area (Å²) in [6.07, 6.45) is 0.887. The van der Waals surface area contributed by atoms with Crippen LogP contribution in [0.3, 0.4) is 0 Å². The summed E-state index contributed by atoms with van der Waals surface area (Å²) in [6, 6.07) is 10.3. The molecule has 0 atom stereocenters. The average Bonchev–Trinajstić information content (AvgIpc) is 2.86. The smallest absolute Gasteiger partial charge is 0.306 e. The summed E-state index contributed by atoms with van der Waals surface area (Å²) < 4.78 is 18.5. The summed E-state index contributed by atoms with van der Waals surface area (Å²) in [5, 5.41) is 0. The Balaban J connectivity index is 2.04. The molecule has 19 heavy (non-hydrogen) atoms. The minimum atomic E-state index is -0.263. The first kappa shape index (κ1) is 13.3. The molecule has 1 aromatic carbocycles. The summed E-state index contributed by atoms with van der Waals surface area (Å²) in [7, 11) is 0. The molecule has 2 rings (SSSR count). The van der Waals surface area contributed by atoms with E-state index >= 15 is 0 Å². The molecule has 0 saturated carbocycles. The maximum Gasteiger partial charge on any atom is 0.306 e. The number of nitrogens with one attached hydrogen (secondary N) is 1. The van der Waals surface area contributed by atoms with E-state index in [1.54, 1.807) is 25.1 Å². The molecule has 1 aromatic heterocycles. The number of aromatic amines is 1. The van der Waals surface area contributed by atoms with Gasteiger partial charge in [0.2, 0.25) is 0 Å². The van der Waals surface area contributed by atoms with E-state index in [4.69, 9.17) is 4.74 Å². The van der Waals surface area contributed by atoms with Gasteiger partial charge >= 0.3 is 5.97 Å². The second-order valence-electron chi connectivity index (χ2n) is 4.18. The summed E-state index contributed by atoms with van der Waals surface area (Å²) in [5.74, 6) is -0.481. The van der Waals surface area contributed by atoms with Gasteiger partial charge < -0.3 is 9.72 Å². The molecule has 0 bridgehead atoms. The van der Waals surface area contributed by atoms with E-state index < -0.39 is 0 Å². The van der Waals surface area contributed by atoms with Crippen molar-refractivity contribution in [3.8, 4) is 11.3 Å². The Hall–Kier alpha value is -2.10. The second-order valence-corrected chi connectivity index (χ2v) is 4.18. The van der Waals surface area contributed by atoms with Gasteiger partial charge in [0, 0.05) is 17.0 Å². The van der Waals surface area contributed by atoms with Gasteiger partial charge in [0.05, 0.1) is 13.0 Å². The van der Waals surface area contributed by atoms with E-state index in [1.165, 1.54) is 6.07 Å². The molecule has 0 spiro atoms. The minimum Gasteiger partial charge on any atom is -0.466 e. The van der Waals surface area contributed by atoms with E-state index in [0.717, 1.165) is 11.4 Å². The molecule has 0 aliphatic carbocycles. The Kier molecular flexibility index (Phi) is 4.34. The number of aromatic nitrogens is 1. The van der Waals surface area contributed by atoms with Crippen LogP contribution in [0.15, 0.2) is 36.4 Å². The number of benzene rings is 1. The number of halogens is 1. The fraction of sp³-hybridized carbons (Fsp3) is 0.267. The van der Waals surface area contributed by atoms with Crippen LogP contribution in [-0.4, -0.2) is 17.6 Å². The third-order valence-electron chi connectivity index (χ3n) is 2.81. The molecule has 0 fully saturated rings. The number of H-pyrrole nitrogens is 1. The lowest BCUT2D eigenvalue weighted by Gasteiger charge is -2.01. The molecule has 0 aliphatic rings. The first-order chi connectivity index (χ1) is 9.20. The highest BCUT2D eigenvalue weighted by atomic mass is 19.1. The highest BCUT2D eigenvalue weighted by molar-refractivity contribution is 5.69. The molecule has 1 N–H and O–H groups in total. The molecule has 3 nitrogen and oxygen atoms in total. The van der Waals surface area contributed by atoms with Crippen molar-refractivity contribution in [1.29, 1.82) is 0 Å². The Bertz CT molecular complexity index is 563. The predicted molar refractivity (Wildman–Crippen MR) is 71.1 cm³/mol. The average molecular weight is 261 g/mol. The molecule has 0 saturated heterocycles. The first-order valence-corrected chi connectivity index (χ1v) is 6.29. The van der Waals surface area contributed by atoms with Crippen molar-refractivity contribution < 1.29 is 13.9 Å². The Labute approximate surface area is 111 Å². The van der Waals surface area contributed by atoms with E-state index in [0.29, 0.717) is 25.0 Å². The highest BCUT2D eigenvalue weighted by Gasteiger charge is 2.08. The van der Waals surface area contributed by atoms with Gasteiger partial charge in [-0.25, -0.2) is 4.39 Å². The van der Waals surface area contributed by atoms with Gasteiger partial charge in [-0.15, -0.1) is 0 Å². The third kappa shape index (κ3) is 3.44. The highest BCUT2D eigenvalue weighted by Crippen LogP contribution is 2.22. The molecule has 100 valence electrons. The second kappa shape index (κ2) is 6.18. The first-order valence-electron chi connectivity index (χ1n) is 6.29. The maximum atomic E-state index is 13.6. The molecule has 2 aromatic rings. The van der Waals surface area contributed by atoms with E-state index in [2.05, 4.69) is 4.98 Å². The van der Waals surface area contributed by atoms with Crippen LogP contribution in [0.25, 0.3) is 11.3 Å². The molecule has 4 heteroatoms. The number of esters is 1. The number of aryl methyl sites for hydroxylation is 1. The standard InChI is InChI=1S/C15H16FNO2/c1-2-19-15(18)10-8-11-7-9-14(17-11)12-5-3-4-6-13(12)16/h3-7,9,17H,2,8,10H2,1H3. The zero-order chi connectivity index (χ0) is 13.7. The van der Waals surface area contributed by atoms with Crippen molar-refractivity contribution in [2.75, 3.05) is 6.61 Å². The number of carbonyl (C=O) groups is 1. The van der Waals surface area contributed by atoms with Gasteiger partial charge in [0.15, 0.2) is 0 Å². The molecule has 1 heterocycles. The number of carbonyl (C=O) groups excluding carboxylic acids is 1. The van der Waals surface area contributed by atoms with Crippen molar-refractivity contribution in [1.82, 2.24) is 4.98 Å². The molecule has 0 amide bonds. The molecule has 0 radical (unpaired) electrons. The summed E-state index contributed by atoms with van der Waals surface area (Å²) in [4.78, 5) is 14.4. The minimum absolute atomic E-state index is 0.218. The molecule has 0 aliphatic heterocycles. The van der Waals surface area contributed by atoms with E-state index in [-0.39, 0.29) is 11.8 Å². The predicted octanol–water partition coefficient (Wildman–Crippen LogP) is 3.32. The summed E-state index contributed by atoms with van der Waals surface area (Å²) >= 11 is 0. The van der Waals surface area contributed by atoms with Gasteiger partial charge in [-0.2, -0.15) is 0 Å². The van der Waals surface area contributed by atoms with Crippen LogP contribution in [0.5, 0.6) is 0 Å². The van der Waals surface area contributed by atoms with E-state index in [1.807, 2.05) is 12.1 Å². The van der Waals surface area contributed by atoms with Gasteiger partial charge in [0.1, 0.15) is 5.82 Å². The Morgan fingerprint density at radius 1 is 1.26 bits per heavy atom. The quantitative estimate of drug-likeness (QED) is 0.839. The van der Waals surface area contributed by atoms with Crippen molar-refractivity contribution in [3.05, 3.63) is 47.9 Å². The normalized spacial score (nSPS) is 10.4. The molecule has 0 unspecified atom stereocenters. The van der Waals surface area contributed by atoms with Crippen LogP contribution < -0.4 is 0 Å². The number of ether oxygens (including phenoxy) is 1. The lowest BCUT2D eigenvalue weighted by Crippen LogP contribution is -2.05. The number of rotatable bonds is 5. The largest absolute Gasteiger partial charge is 0.466 e. The summed E-state index contributed by atoms with van der Waals surface area (Å²) in [5.41, 5.74) is 2.15. The Morgan fingerprint density at radius 2 is 2.05 bits per heavy atom. The van der Waals surface area contributed by atoms with Crippen molar-refractivity contribution in [2.24, 2.45) is 0 Å². The fourth-order valence-corrected chi connectivity index (χ4v) is 1.89. The van der Waals surface area contributed by atoms with Crippen LogP contribution in [-0.2, 0) is 16.0 Å². The monoisotopic (exact) mass is 261 g/mol. The Morgan fingerprint density at radius 3 is 2.79 bits per heavy atom.